The Labute approximate surface area is 194 Å². The molecule has 6 heteroatoms. The molecule has 0 atom stereocenters. The van der Waals surface area contributed by atoms with Crippen LogP contribution in [0.4, 0.5) is 0 Å². The number of aromatic nitrogens is 2. The largest absolute Gasteiger partial charge is 0.351 e. The van der Waals surface area contributed by atoms with E-state index in [-0.39, 0.29) is 5.91 Å². The third-order valence-electron chi connectivity index (χ3n) is 4.87. The molecule has 0 saturated heterocycles. The monoisotopic (exact) mass is 491 g/mol. The van der Waals surface area contributed by atoms with Gasteiger partial charge in [0.15, 0.2) is 5.16 Å². The van der Waals surface area contributed by atoms with E-state index in [0.717, 1.165) is 37.9 Å². The lowest BCUT2D eigenvalue weighted by Gasteiger charge is -2.08. The van der Waals surface area contributed by atoms with Crippen LogP contribution in [-0.4, -0.2) is 27.8 Å². The fourth-order valence-electron chi connectivity index (χ4n) is 3.34. The van der Waals surface area contributed by atoms with E-state index in [9.17, 15) is 4.79 Å². The minimum atomic E-state index is -0.0668. The van der Waals surface area contributed by atoms with Gasteiger partial charge in [0.25, 0.3) is 5.91 Å². The fourth-order valence-corrected chi connectivity index (χ4v) is 4.43. The molecular formula is C25H22BrN3OS. The third kappa shape index (κ3) is 5.09. The number of hydrogen-bond donors (Lipinski definition) is 1. The van der Waals surface area contributed by atoms with Crippen LogP contribution >= 0.6 is 27.7 Å². The van der Waals surface area contributed by atoms with Crippen molar-refractivity contribution in [2.45, 2.75) is 5.16 Å². The van der Waals surface area contributed by atoms with Crippen molar-refractivity contribution < 1.29 is 4.79 Å². The van der Waals surface area contributed by atoms with Crippen molar-refractivity contribution in [3.8, 4) is 22.5 Å². The van der Waals surface area contributed by atoms with Crippen LogP contribution < -0.4 is 5.32 Å². The predicted octanol–water partition coefficient (Wildman–Crippen LogP) is 6.04. The second-order valence-corrected chi connectivity index (χ2v) is 8.97. The van der Waals surface area contributed by atoms with Crippen LogP contribution in [0.25, 0.3) is 22.5 Å². The van der Waals surface area contributed by atoms with Crippen LogP contribution in [0.5, 0.6) is 0 Å². The predicted molar refractivity (Wildman–Crippen MR) is 131 cm³/mol. The number of nitrogens with one attached hydrogen (secondary N) is 1. The van der Waals surface area contributed by atoms with E-state index >= 15 is 0 Å². The number of halogens is 1. The Hall–Kier alpha value is -2.83. The number of carbonyl (C=O) groups excluding carboxylic acids is 1. The summed E-state index contributed by atoms with van der Waals surface area (Å²) in [6.07, 6.45) is 0. The number of amides is 1. The summed E-state index contributed by atoms with van der Waals surface area (Å²) in [6, 6.07) is 27.9. The topological polar surface area (TPSA) is 46.9 Å². The van der Waals surface area contributed by atoms with Crippen molar-refractivity contribution in [3.63, 3.8) is 0 Å². The Balaban J connectivity index is 1.49. The molecule has 1 heterocycles. The zero-order valence-corrected chi connectivity index (χ0v) is 19.5. The van der Waals surface area contributed by atoms with Crippen LogP contribution in [0.3, 0.4) is 0 Å². The van der Waals surface area contributed by atoms with Gasteiger partial charge in [-0.05, 0) is 24.3 Å². The van der Waals surface area contributed by atoms with Gasteiger partial charge >= 0.3 is 0 Å². The van der Waals surface area contributed by atoms with Crippen LogP contribution in [-0.2, 0) is 7.05 Å². The third-order valence-corrected chi connectivity index (χ3v) is 6.43. The molecule has 0 fully saturated rings. The second-order valence-electron chi connectivity index (χ2n) is 6.99. The molecule has 4 aromatic rings. The standard InChI is InChI=1S/C25H22BrN3OS/c1-29-23(19-10-6-3-7-11-19)22(18-8-4-2-5-9-18)28-25(29)31-17-16-27-24(30)20-12-14-21(26)15-13-20/h2-15H,16-17H2,1H3,(H,27,30). The Morgan fingerprint density at radius 1 is 0.935 bits per heavy atom. The number of nitrogens with zero attached hydrogens (tertiary/aromatic N) is 2. The van der Waals surface area contributed by atoms with Crippen molar-refractivity contribution in [1.82, 2.24) is 14.9 Å². The smallest absolute Gasteiger partial charge is 0.251 e. The molecule has 1 N–H and O–H groups in total. The Kier molecular flexibility index (Phi) is 6.89. The first-order chi connectivity index (χ1) is 15.1. The molecule has 1 aromatic heterocycles. The number of carbonyl (C=O) groups is 1. The normalized spacial score (nSPS) is 10.8. The number of rotatable bonds is 7. The molecule has 1 amide bonds. The van der Waals surface area contributed by atoms with Crippen LogP contribution in [0.15, 0.2) is 94.6 Å². The summed E-state index contributed by atoms with van der Waals surface area (Å²) >= 11 is 5.03. The van der Waals surface area contributed by atoms with Gasteiger partial charge in [-0.25, -0.2) is 4.98 Å². The highest BCUT2D eigenvalue weighted by molar-refractivity contribution is 9.10. The van der Waals surface area contributed by atoms with E-state index < -0.39 is 0 Å². The van der Waals surface area contributed by atoms with Gasteiger partial charge in [0, 0.05) is 40.5 Å². The molecule has 4 rings (SSSR count). The zero-order chi connectivity index (χ0) is 21.6. The Morgan fingerprint density at radius 2 is 1.55 bits per heavy atom. The molecule has 156 valence electrons. The SMILES string of the molecule is Cn1c(SCCNC(=O)c2ccc(Br)cc2)nc(-c2ccccc2)c1-c1ccccc1. The van der Waals surface area contributed by atoms with Crippen molar-refractivity contribution in [2.75, 3.05) is 12.3 Å². The number of benzene rings is 3. The van der Waals surface area contributed by atoms with E-state index in [4.69, 9.17) is 4.98 Å². The van der Waals surface area contributed by atoms with Gasteiger partial charge in [-0.2, -0.15) is 0 Å². The summed E-state index contributed by atoms with van der Waals surface area (Å²) in [6.45, 7) is 0.563. The highest BCUT2D eigenvalue weighted by Gasteiger charge is 2.18. The Bertz CT molecular complexity index is 1160. The minimum Gasteiger partial charge on any atom is -0.351 e. The van der Waals surface area contributed by atoms with Gasteiger partial charge in [0.05, 0.1) is 11.4 Å². The first-order valence-electron chi connectivity index (χ1n) is 9.97. The molecule has 0 saturated carbocycles. The maximum atomic E-state index is 12.3. The quantitative estimate of drug-likeness (QED) is 0.253. The first kappa shape index (κ1) is 21.4. The van der Waals surface area contributed by atoms with Crippen LogP contribution in [0.2, 0.25) is 0 Å². The van der Waals surface area contributed by atoms with Gasteiger partial charge < -0.3 is 9.88 Å². The van der Waals surface area contributed by atoms with Gasteiger partial charge in [0.2, 0.25) is 0 Å². The maximum absolute atomic E-state index is 12.3. The number of imidazole rings is 1. The first-order valence-corrected chi connectivity index (χ1v) is 11.8. The number of thioether (sulfide) groups is 1. The van der Waals surface area contributed by atoms with Crippen LogP contribution in [0.1, 0.15) is 10.4 Å². The summed E-state index contributed by atoms with van der Waals surface area (Å²) in [5.41, 5.74) is 4.94. The van der Waals surface area contributed by atoms with Gasteiger partial charge in [-0.15, -0.1) is 0 Å². The van der Waals surface area contributed by atoms with Crippen molar-refractivity contribution >= 4 is 33.6 Å². The second kappa shape index (κ2) is 9.98. The maximum Gasteiger partial charge on any atom is 0.251 e. The summed E-state index contributed by atoms with van der Waals surface area (Å²) in [5.74, 6) is 0.665. The molecule has 0 unspecified atom stereocenters. The minimum absolute atomic E-state index is 0.0668. The lowest BCUT2D eigenvalue weighted by atomic mass is 10.1. The molecule has 0 aliphatic carbocycles. The highest BCUT2D eigenvalue weighted by Crippen LogP contribution is 2.34. The summed E-state index contributed by atoms with van der Waals surface area (Å²) in [5, 5.41) is 3.91. The molecular weight excluding hydrogens is 470 g/mol. The average Bonchev–Trinajstić information content (AvgIpc) is 3.14. The lowest BCUT2D eigenvalue weighted by molar-refractivity contribution is 0.0956. The molecule has 0 aliphatic rings. The summed E-state index contributed by atoms with van der Waals surface area (Å²) in [4.78, 5) is 17.3. The molecule has 0 radical (unpaired) electrons. The molecule has 0 bridgehead atoms. The average molecular weight is 492 g/mol. The van der Waals surface area contributed by atoms with Crippen molar-refractivity contribution in [3.05, 3.63) is 95.0 Å². The number of hydrogen-bond acceptors (Lipinski definition) is 3. The molecule has 3 aromatic carbocycles. The Morgan fingerprint density at radius 3 is 2.19 bits per heavy atom. The van der Waals surface area contributed by atoms with Crippen molar-refractivity contribution in [1.29, 1.82) is 0 Å². The van der Waals surface area contributed by atoms with Gasteiger partial charge in [-0.1, -0.05) is 88.4 Å². The summed E-state index contributed by atoms with van der Waals surface area (Å²) in [7, 11) is 2.05. The van der Waals surface area contributed by atoms with Crippen molar-refractivity contribution in [2.24, 2.45) is 7.05 Å². The van der Waals surface area contributed by atoms with E-state index in [1.807, 2.05) is 67.7 Å². The molecule has 0 spiro atoms. The van der Waals surface area contributed by atoms with E-state index in [0.29, 0.717) is 12.1 Å². The van der Waals surface area contributed by atoms with Crippen LogP contribution in [0, 0.1) is 0 Å². The van der Waals surface area contributed by atoms with Gasteiger partial charge in [0.1, 0.15) is 0 Å². The van der Waals surface area contributed by atoms with E-state index in [1.165, 1.54) is 0 Å². The van der Waals surface area contributed by atoms with E-state index in [1.54, 1.807) is 11.8 Å². The molecule has 4 nitrogen and oxygen atoms in total. The molecule has 0 aliphatic heterocycles. The highest BCUT2D eigenvalue weighted by atomic mass is 79.9. The fraction of sp³-hybridized carbons (Fsp3) is 0.120. The van der Waals surface area contributed by atoms with Gasteiger partial charge in [-0.3, -0.25) is 4.79 Å². The zero-order valence-electron chi connectivity index (χ0n) is 17.1. The lowest BCUT2D eigenvalue weighted by Crippen LogP contribution is -2.25. The van der Waals surface area contributed by atoms with E-state index in [2.05, 4.69) is 50.1 Å². The molecule has 31 heavy (non-hydrogen) atoms. The summed E-state index contributed by atoms with van der Waals surface area (Å²) < 4.78 is 3.09.